The third-order valence-electron chi connectivity index (χ3n) is 6.47. The molecule has 15 heteroatoms. The number of nitrogen functional groups attached to an aromatic ring is 1. The molecule has 2 aromatic carbocycles. The highest BCUT2D eigenvalue weighted by atomic mass is 19.4. The molecule has 0 spiro atoms. The summed E-state index contributed by atoms with van der Waals surface area (Å²) in [6.45, 7) is 8.95. The van der Waals surface area contributed by atoms with Crippen LogP contribution in [0.25, 0.3) is 11.3 Å². The molecule has 0 bridgehead atoms. The molecule has 2 heterocycles. The fraction of sp³-hybridized carbons (Fsp3) is 0.303. The zero-order chi connectivity index (χ0) is 35.3. The van der Waals surface area contributed by atoms with Crippen molar-refractivity contribution < 1.29 is 36.6 Å². The van der Waals surface area contributed by atoms with Crippen molar-refractivity contribution in [2.75, 3.05) is 22.9 Å². The van der Waals surface area contributed by atoms with Crippen molar-refractivity contribution >= 4 is 29.3 Å². The second kappa shape index (κ2) is 14.1. The molecule has 2 amide bonds. The number of hydrogen-bond donors (Lipinski definition) is 4. The molecule has 0 unspecified atom stereocenters. The Morgan fingerprint density at radius 2 is 1.58 bits per heavy atom. The van der Waals surface area contributed by atoms with Crippen LogP contribution in [0.15, 0.2) is 67.0 Å². The van der Waals surface area contributed by atoms with Gasteiger partial charge < -0.3 is 31.2 Å². The molecule has 0 aliphatic rings. The summed E-state index contributed by atoms with van der Waals surface area (Å²) in [5, 5.41) is 8.03. The standard InChI is InChI=1S/C33H35F4N7O4/c1-31(2,3)48-30(46)42-18-32(4,5)47-29-26(38)39-17-25(44-29)20-8-6-19(7-9-20)15-40-27-24(14-21(16-41-27)33(35,36)37)28(45)43-23-12-10-22(34)11-13-23/h6-14,16-17H,15,18H2,1-5H3,(H2,38,39)(H,40,41)(H,42,46)(H,43,45). The fourth-order valence-electron chi connectivity index (χ4n) is 4.14. The lowest BCUT2D eigenvalue weighted by Crippen LogP contribution is -2.44. The molecule has 254 valence electrons. The molecule has 0 saturated heterocycles. The van der Waals surface area contributed by atoms with Gasteiger partial charge >= 0.3 is 12.3 Å². The number of alkyl carbamates (subject to hydrolysis) is 1. The van der Waals surface area contributed by atoms with Crippen LogP contribution >= 0.6 is 0 Å². The first-order valence-electron chi connectivity index (χ1n) is 14.6. The number of nitrogens with zero attached hydrogens (tertiary/aromatic N) is 3. The maximum absolute atomic E-state index is 13.4. The second-order valence-electron chi connectivity index (χ2n) is 12.3. The second-order valence-corrected chi connectivity index (χ2v) is 12.3. The molecule has 11 nitrogen and oxygen atoms in total. The predicted molar refractivity (Wildman–Crippen MR) is 172 cm³/mol. The Morgan fingerprint density at radius 3 is 2.21 bits per heavy atom. The summed E-state index contributed by atoms with van der Waals surface area (Å²) in [5.41, 5.74) is 5.00. The number of aromatic nitrogens is 3. The molecule has 48 heavy (non-hydrogen) atoms. The first-order valence-corrected chi connectivity index (χ1v) is 14.6. The van der Waals surface area contributed by atoms with Crippen LogP contribution in [0.1, 0.15) is 56.1 Å². The Balaban J connectivity index is 1.45. The maximum atomic E-state index is 13.4. The zero-order valence-electron chi connectivity index (χ0n) is 26.8. The highest BCUT2D eigenvalue weighted by molar-refractivity contribution is 6.07. The largest absolute Gasteiger partial charge is 0.467 e. The lowest BCUT2D eigenvalue weighted by Gasteiger charge is -2.27. The highest BCUT2D eigenvalue weighted by Crippen LogP contribution is 2.31. The Labute approximate surface area is 274 Å². The summed E-state index contributed by atoms with van der Waals surface area (Å²) in [6, 6.07) is 12.5. The van der Waals surface area contributed by atoms with E-state index in [-0.39, 0.29) is 41.9 Å². The molecule has 0 radical (unpaired) electrons. The molecule has 0 atom stereocenters. The van der Waals surface area contributed by atoms with Crippen molar-refractivity contribution in [3.8, 4) is 17.1 Å². The van der Waals surface area contributed by atoms with Crippen LogP contribution in [-0.2, 0) is 17.5 Å². The number of amides is 2. The van der Waals surface area contributed by atoms with Crippen molar-refractivity contribution in [1.29, 1.82) is 0 Å². The third-order valence-corrected chi connectivity index (χ3v) is 6.47. The Hall–Kier alpha value is -5.47. The molecule has 0 aliphatic carbocycles. The maximum Gasteiger partial charge on any atom is 0.417 e. The first kappa shape index (κ1) is 35.4. The van der Waals surface area contributed by atoms with Crippen molar-refractivity contribution in [2.24, 2.45) is 0 Å². The van der Waals surface area contributed by atoms with Gasteiger partial charge in [-0.3, -0.25) is 4.79 Å². The smallest absolute Gasteiger partial charge is 0.417 e. The molecule has 4 aromatic rings. The van der Waals surface area contributed by atoms with Gasteiger partial charge in [0, 0.05) is 24.0 Å². The number of benzene rings is 2. The number of nitrogens with two attached hydrogens (primary N) is 1. The van der Waals surface area contributed by atoms with E-state index in [1.165, 1.54) is 18.3 Å². The molecular formula is C33H35F4N7O4. The Bertz CT molecular complexity index is 1760. The number of anilines is 3. The van der Waals surface area contributed by atoms with E-state index < -0.39 is 40.8 Å². The molecule has 4 rings (SSSR count). The van der Waals surface area contributed by atoms with Gasteiger partial charge in [-0.25, -0.2) is 24.1 Å². The van der Waals surface area contributed by atoms with Gasteiger partial charge in [-0.1, -0.05) is 24.3 Å². The van der Waals surface area contributed by atoms with Gasteiger partial charge in [0.05, 0.1) is 29.6 Å². The summed E-state index contributed by atoms with van der Waals surface area (Å²) < 4.78 is 64.8. The number of nitrogens with one attached hydrogen (secondary N) is 3. The lowest BCUT2D eigenvalue weighted by molar-refractivity contribution is -0.137. The normalized spacial score (nSPS) is 11.9. The van der Waals surface area contributed by atoms with E-state index in [0.717, 1.165) is 12.1 Å². The number of hydrogen-bond acceptors (Lipinski definition) is 9. The summed E-state index contributed by atoms with van der Waals surface area (Å²) in [5.74, 6) is -1.36. The SMILES string of the molecule is CC(C)(C)OC(=O)NCC(C)(C)Oc1nc(-c2ccc(CNc3ncc(C(F)(F)F)cc3C(=O)Nc3ccc(F)cc3)cc2)cnc1N. The summed E-state index contributed by atoms with van der Waals surface area (Å²) in [4.78, 5) is 37.6. The molecule has 0 aliphatic heterocycles. The van der Waals surface area contributed by atoms with E-state index in [0.29, 0.717) is 29.1 Å². The van der Waals surface area contributed by atoms with Crippen LogP contribution in [0.2, 0.25) is 0 Å². The van der Waals surface area contributed by atoms with E-state index in [1.54, 1.807) is 58.9 Å². The summed E-state index contributed by atoms with van der Waals surface area (Å²) in [6.07, 6.45) is -3.22. The molecule has 5 N–H and O–H groups in total. The van der Waals surface area contributed by atoms with Crippen molar-refractivity contribution in [3.63, 3.8) is 0 Å². The lowest BCUT2D eigenvalue weighted by atomic mass is 10.1. The van der Waals surface area contributed by atoms with E-state index in [4.69, 9.17) is 15.2 Å². The average molecular weight is 670 g/mol. The van der Waals surface area contributed by atoms with Gasteiger partial charge in [-0.05, 0) is 70.5 Å². The Kier molecular flexibility index (Phi) is 10.4. The third kappa shape index (κ3) is 10.0. The van der Waals surface area contributed by atoms with Gasteiger partial charge in [-0.2, -0.15) is 13.2 Å². The fourth-order valence-corrected chi connectivity index (χ4v) is 4.14. The first-order chi connectivity index (χ1) is 22.4. The van der Waals surface area contributed by atoms with Crippen LogP contribution in [0.3, 0.4) is 0 Å². The number of halogens is 4. The van der Waals surface area contributed by atoms with E-state index in [9.17, 15) is 27.2 Å². The minimum Gasteiger partial charge on any atom is -0.467 e. The number of ether oxygens (including phenoxy) is 2. The van der Waals surface area contributed by atoms with Gasteiger partial charge in [0.1, 0.15) is 22.8 Å². The quantitative estimate of drug-likeness (QED) is 0.133. The van der Waals surface area contributed by atoms with Crippen molar-refractivity contribution in [2.45, 2.75) is 58.5 Å². The van der Waals surface area contributed by atoms with E-state index >= 15 is 0 Å². The Morgan fingerprint density at radius 1 is 0.917 bits per heavy atom. The minimum atomic E-state index is -4.73. The summed E-state index contributed by atoms with van der Waals surface area (Å²) in [7, 11) is 0. The van der Waals surface area contributed by atoms with Crippen LogP contribution in [0, 0.1) is 5.82 Å². The van der Waals surface area contributed by atoms with Crippen LogP contribution < -0.4 is 26.4 Å². The number of carbonyl (C=O) groups excluding carboxylic acids is 2. The monoisotopic (exact) mass is 669 g/mol. The topological polar surface area (TPSA) is 153 Å². The van der Waals surface area contributed by atoms with Gasteiger partial charge in [0.15, 0.2) is 5.82 Å². The van der Waals surface area contributed by atoms with Crippen molar-refractivity contribution in [3.05, 3.63) is 89.5 Å². The van der Waals surface area contributed by atoms with E-state index in [1.807, 2.05) is 0 Å². The van der Waals surface area contributed by atoms with Gasteiger partial charge in [0.25, 0.3) is 11.8 Å². The predicted octanol–water partition coefficient (Wildman–Crippen LogP) is 6.83. The number of pyridine rings is 1. The molecular weight excluding hydrogens is 634 g/mol. The molecule has 2 aromatic heterocycles. The average Bonchev–Trinajstić information content (AvgIpc) is 3.00. The van der Waals surface area contributed by atoms with E-state index in [2.05, 4.69) is 30.9 Å². The van der Waals surface area contributed by atoms with Gasteiger partial charge in [0.2, 0.25) is 0 Å². The highest BCUT2D eigenvalue weighted by Gasteiger charge is 2.33. The van der Waals surface area contributed by atoms with Crippen molar-refractivity contribution in [1.82, 2.24) is 20.3 Å². The molecule has 0 saturated carbocycles. The van der Waals surface area contributed by atoms with Crippen LogP contribution in [0.4, 0.5) is 39.7 Å². The summed E-state index contributed by atoms with van der Waals surface area (Å²) >= 11 is 0. The number of carbonyl (C=O) groups is 2. The van der Waals surface area contributed by atoms with Gasteiger partial charge in [-0.15, -0.1) is 0 Å². The van der Waals surface area contributed by atoms with Crippen LogP contribution in [0.5, 0.6) is 5.88 Å². The minimum absolute atomic E-state index is 0.0493. The zero-order valence-corrected chi connectivity index (χ0v) is 26.8. The van der Waals surface area contributed by atoms with Crippen LogP contribution in [-0.4, -0.2) is 44.7 Å². The number of rotatable bonds is 10. The molecule has 0 fully saturated rings. The number of alkyl halides is 3.